The zero-order valence-corrected chi connectivity index (χ0v) is 80.5. The van der Waals surface area contributed by atoms with E-state index in [1.807, 2.05) is 200 Å². The van der Waals surface area contributed by atoms with Gasteiger partial charge in [0.05, 0.1) is 91.6 Å². The number of ketones is 6. The first-order chi connectivity index (χ1) is 69.8. The summed E-state index contributed by atoms with van der Waals surface area (Å²) in [5.74, 6) is 1.54. The third kappa shape index (κ3) is 22.1. The summed E-state index contributed by atoms with van der Waals surface area (Å²) in [6, 6.07) is 55.5. The summed E-state index contributed by atoms with van der Waals surface area (Å²) >= 11 is 0. The second-order valence-electron chi connectivity index (χ2n) is 37.3. The van der Waals surface area contributed by atoms with Crippen molar-refractivity contribution in [3.8, 4) is 17.3 Å². The molecule has 9 aliphatic rings. The number of hydrogen-bond acceptors (Lipinski definition) is 31. The van der Waals surface area contributed by atoms with E-state index >= 15 is 0 Å². The molecule has 6 aliphatic heterocycles. The van der Waals surface area contributed by atoms with E-state index in [1.165, 1.54) is 36.7 Å². The number of carbonyl (C=O) groups excluding carboxylic acids is 6. The molecular formula is C101H102B6N20O17. The molecule has 14 heterocycles. The zero-order valence-electron chi connectivity index (χ0n) is 80.5. The van der Waals surface area contributed by atoms with E-state index < -0.39 is 35.6 Å². The molecule has 3 aliphatic carbocycles. The number of Topliss-reactive ketones (excluding diaryl/α,β-unsaturated/α-hetero) is 6. The van der Waals surface area contributed by atoms with Crippen LogP contribution < -0.4 is 32.8 Å². The van der Waals surface area contributed by atoms with Crippen LogP contribution in [0.15, 0.2) is 188 Å². The monoisotopic (exact) mass is 1930 g/mol. The lowest BCUT2D eigenvalue weighted by molar-refractivity contribution is 0.0979. The van der Waals surface area contributed by atoms with Gasteiger partial charge in [0.1, 0.15) is 0 Å². The van der Waals surface area contributed by atoms with Crippen LogP contribution in [0.5, 0.6) is 0 Å². The molecule has 0 radical (unpaired) electrons. The first-order valence-corrected chi connectivity index (χ1v) is 48.2. The quantitative estimate of drug-likeness (QED) is 0.0317. The van der Waals surface area contributed by atoms with Crippen molar-refractivity contribution in [2.75, 3.05) is 0 Å². The predicted octanol–water partition coefficient (Wildman–Crippen LogP) is 6.14. The van der Waals surface area contributed by atoms with Gasteiger partial charge < -0.3 is 53.0 Å². The first kappa shape index (κ1) is 98.4. The lowest BCUT2D eigenvalue weighted by Gasteiger charge is -2.10. The third-order valence-corrected chi connectivity index (χ3v) is 27.2. The van der Waals surface area contributed by atoms with Crippen molar-refractivity contribution < 1.29 is 81.8 Å². The maximum Gasteiger partial charge on any atom is 0.491 e. The number of rotatable bonds is 25. The minimum atomic E-state index is -0.920. The molecule has 3 saturated carbocycles. The standard InChI is InChI=1S/C18H16BN3O3.2C17H15BN4O3.C17H20BN3O3.C17H20BN3O2.C15H16BN3O3/c1-12-18(20-21-22(12)15-5-3-2-4-6-15)17(23)10-13-7-8-14-11-25-19(24)16(14)9-13;2*1-11-17(20-21-22(11)16-4-2-3-7-19-16)15(23)9-12-5-6-13-10-25-18(24)14(13)8-12;1-11-17(19-20-21(11)14-4-2-3-5-14)16(22)9-12-6-7-13-10-24-18(23)15(13)8-12;1-11-17(19-20-21(11)9-12-3-4-12)16(22)8-13-5-6-14-10-23-18(2)15(14)7-13;1-9-15(17-18-19(9)12-4-5-12)14(20)7-10-2-3-11-8-22-16(21)13(11)6-10/h2-9,24H,10-11H2,1H3;2*2-8,24H,9-10H2,1H3;6-8,14,23H,2-5,9-10H2,1H3;5-7,12H,3-4,8-10H2,1-2H3;2-3,6,12,21H,4-5,7-8H2,1H3. The summed E-state index contributed by atoms with van der Waals surface area (Å²) in [5, 5.41) is 98.0. The molecule has 43 heteroatoms. The van der Waals surface area contributed by atoms with Gasteiger partial charge in [0.15, 0.2) is 80.5 Å². The van der Waals surface area contributed by atoms with Gasteiger partial charge in [-0.15, -0.1) is 30.6 Å². The minimum absolute atomic E-state index is 0.0369. The molecule has 37 nitrogen and oxygen atoms in total. The zero-order chi connectivity index (χ0) is 100. The van der Waals surface area contributed by atoms with Gasteiger partial charge in [0.25, 0.3) is 0 Å². The topological polar surface area (TPSA) is 469 Å². The van der Waals surface area contributed by atoms with Crippen molar-refractivity contribution in [2.24, 2.45) is 5.92 Å². The Labute approximate surface area is 830 Å². The summed E-state index contributed by atoms with van der Waals surface area (Å²) in [7, 11) is -4.53. The highest BCUT2D eigenvalue weighted by Gasteiger charge is 2.37. The van der Waals surface area contributed by atoms with E-state index in [4.69, 9.17) is 27.9 Å². The van der Waals surface area contributed by atoms with Gasteiger partial charge in [-0.05, 0) is 222 Å². The number of benzene rings is 7. The molecule has 8 aromatic heterocycles. The van der Waals surface area contributed by atoms with E-state index in [9.17, 15) is 53.9 Å². The van der Waals surface area contributed by atoms with E-state index in [-0.39, 0.29) is 73.7 Å². The number of nitrogens with zero attached hydrogens (tertiary/aromatic N) is 20. The molecular weight excluding hydrogens is 1830 g/mol. The second kappa shape index (κ2) is 43.4. The highest BCUT2D eigenvalue weighted by Crippen LogP contribution is 2.36. The Balaban J connectivity index is 0.000000109. The van der Waals surface area contributed by atoms with Gasteiger partial charge in [-0.1, -0.05) is 190 Å². The smallest absolute Gasteiger partial charge is 0.427 e. The lowest BCUT2D eigenvalue weighted by Crippen LogP contribution is -2.28. The molecule has 7 aromatic carbocycles. The average molecular weight is 1930 g/mol. The lowest BCUT2D eigenvalue weighted by atomic mass is 9.64. The van der Waals surface area contributed by atoms with Crippen LogP contribution in [-0.4, -0.2) is 202 Å². The first-order valence-electron chi connectivity index (χ1n) is 48.2. The van der Waals surface area contributed by atoms with Crippen LogP contribution in [0.25, 0.3) is 17.3 Å². The number of fused-ring (bicyclic) bond motifs is 6. The number of carbonyl (C=O) groups is 6. The van der Waals surface area contributed by atoms with Crippen LogP contribution >= 0.6 is 0 Å². The van der Waals surface area contributed by atoms with Crippen LogP contribution in [0.2, 0.25) is 6.82 Å². The molecule has 0 atom stereocenters. The van der Waals surface area contributed by atoms with Gasteiger partial charge in [-0.2, -0.15) is 9.36 Å². The Morgan fingerprint density at radius 1 is 0.312 bits per heavy atom. The normalized spacial score (nSPS) is 15.0. The van der Waals surface area contributed by atoms with E-state index in [0.29, 0.717) is 121 Å². The summed E-state index contributed by atoms with van der Waals surface area (Å²) in [4.78, 5) is 84.0. The van der Waals surface area contributed by atoms with Gasteiger partial charge in [0, 0.05) is 57.5 Å². The molecule has 3 fully saturated rings. The van der Waals surface area contributed by atoms with Crippen LogP contribution in [0, 0.1) is 47.5 Å². The Bertz CT molecular complexity index is 6970. The van der Waals surface area contributed by atoms with Crippen molar-refractivity contribution >= 4 is 110 Å². The second-order valence-corrected chi connectivity index (χ2v) is 37.3. The van der Waals surface area contributed by atoms with Crippen LogP contribution in [-0.2, 0) is 113 Å². The molecule has 5 N–H and O–H groups in total. The number of aromatic nitrogens is 20. The Kier molecular flexibility index (Phi) is 29.7. The maximum atomic E-state index is 12.7. The Morgan fingerprint density at radius 2 is 0.604 bits per heavy atom. The number of para-hydroxylation sites is 1. The molecule has 726 valence electrons. The van der Waals surface area contributed by atoms with E-state index in [2.05, 4.69) is 84.0 Å². The molecule has 0 saturated heterocycles. The number of pyridine rings is 2. The summed E-state index contributed by atoms with van der Waals surface area (Å²) in [6.07, 6.45) is 14.2. The van der Waals surface area contributed by atoms with Gasteiger partial charge in [-0.25, -0.2) is 28.7 Å². The fourth-order valence-electron chi connectivity index (χ4n) is 18.7. The average Bonchev–Trinajstić information content (AvgIpc) is 1.63. The largest absolute Gasteiger partial charge is 0.491 e. The SMILES string of the molecule is CB1OCc2ccc(CC(=O)c3nnn(CC4CC4)c3C)cc21.Cc1c(C(=O)Cc2ccc3c(c2)B(O)OC3)nnn1-c1ccccc1.Cc1c(C(=O)Cc2ccc3c(c2)B(O)OC3)nnn1-c1ccccn1.Cc1c(C(=O)Cc2ccc3c(c2)B(O)OC3)nnn1-c1ccccn1.Cc1c(C(=O)Cc2ccc3c(c2)B(O)OC3)nnn1C1CC1.Cc1c(C(=O)Cc2ccc3c(c2)B(O)OC3)nnn1C1CCCC1. The molecule has 24 rings (SSSR count). The fraction of sp³-hybridized carbons (Fsp3) is 0.307. The summed E-state index contributed by atoms with van der Waals surface area (Å²) in [6.45, 7) is 16.9. The van der Waals surface area contributed by atoms with Crippen molar-refractivity contribution in [3.05, 3.63) is 323 Å². The highest BCUT2D eigenvalue weighted by atomic mass is 16.5. The number of hydrogen-bond donors (Lipinski definition) is 5. The molecule has 0 amide bonds. The highest BCUT2D eigenvalue weighted by molar-refractivity contribution is 6.67. The third-order valence-electron chi connectivity index (χ3n) is 27.2. The van der Waals surface area contributed by atoms with Crippen LogP contribution in [0.3, 0.4) is 0 Å². The molecule has 0 spiro atoms. The van der Waals surface area contributed by atoms with Gasteiger partial charge in [-0.3, -0.25) is 28.8 Å². The predicted molar refractivity (Wildman–Crippen MR) is 532 cm³/mol. The van der Waals surface area contributed by atoms with Crippen molar-refractivity contribution in [1.82, 2.24) is 99.9 Å². The van der Waals surface area contributed by atoms with E-state index in [1.54, 1.807) is 52.4 Å². The van der Waals surface area contributed by atoms with Crippen molar-refractivity contribution in [2.45, 2.75) is 197 Å². The maximum absolute atomic E-state index is 12.7. The van der Waals surface area contributed by atoms with E-state index in [0.717, 1.165) is 149 Å². The van der Waals surface area contributed by atoms with Crippen LogP contribution in [0.4, 0.5) is 0 Å². The summed E-state index contributed by atoms with van der Waals surface area (Å²) in [5.41, 5.74) is 23.9. The van der Waals surface area contributed by atoms with Gasteiger partial charge in [0.2, 0.25) is 0 Å². The van der Waals surface area contributed by atoms with Crippen LogP contribution in [0.1, 0.15) is 227 Å². The summed E-state index contributed by atoms with van der Waals surface area (Å²) < 4.78 is 41.9. The molecule has 15 aromatic rings. The molecule has 0 unspecified atom stereocenters. The van der Waals surface area contributed by atoms with Gasteiger partial charge >= 0.3 is 42.5 Å². The Hall–Kier alpha value is -14.4. The molecule has 0 bridgehead atoms. The minimum Gasteiger partial charge on any atom is -0.427 e. The molecule has 144 heavy (non-hydrogen) atoms. The Morgan fingerprint density at radius 3 is 0.944 bits per heavy atom. The fourth-order valence-corrected chi connectivity index (χ4v) is 18.7. The van der Waals surface area contributed by atoms with Crippen molar-refractivity contribution in [1.29, 1.82) is 0 Å². The van der Waals surface area contributed by atoms with Crippen molar-refractivity contribution in [3.63, 3.8) is 0 Å².